The van der Waals surface area contributed by atoms with Crippen molar-refractivity contribution in [2.75, 3.05) is 12.0 Å². The Balaban J connectivity index is 1.72. The lowest BCUT2D eigenvalue weighted by Crippen LogP contribution is -2.30. The van der Waals surface area contributed by atoms with Crippen LogP contribution in [0, 0.1) is 6.92 Å². The summed E-state index contributed by atoms with van der Waals surface area (Å²) >= 11 is 1.53. The number of hydrogen-bond acceptors (Lipinski definition) is 4. The summed E-state index contributed by atoms with van der Waals surface area (Å²) in [5.41, 5.74) is 3.59. The predicted octanol–water partition coefficient (Wildman–Crippen LogP) is 5.97. The van der Waals surface area contributed by atoms with E-state index in [1.165, 1.54) is 11.3 Å². The minimum atomic E-state index is -0.0607. The number of anilines is 1. The second-order valence-electron chi connectivity index (χ2n) is 6.87. The van der Waals surface area contributed by atoms with Crippen molar-refractivity contribution >= 4 is 22.4 Å². The number of nitrogens with zero attached hydrogens (tertiary/aromatic N) is 2. The molecule has 0 spiro atoms. The van der Waals surface area contributed by atoms with Crippen molar-refractivity contribution in [2.24, 2.45) is 0 Å². The van der Waals surface area contributed by atoms with Crippen molar-refractivity contribution in [1.29, 1.82) is 0 Å². The van der Waals surface area contributed by atoms with Gasteiger partial charge >= 0.3 is 0 Å². The van der Waals surface area contributed by atoms with Crippen molar-refractivity contribution in [2.45, 2.75) is 13.5 Å². The summed E-state index contributed by atoms with van der Waals surface area (Å²) in [7, 11) is 1.65. The highest BCUT2D eigenvalue weighted by Gasteiger charge is 2.23. The summed E-state index contributed by atoms with van der Waals surface area (Å²) in [6.45, 7) is 2.50. The first-order chi connectivity index (χ1) is 14.7. The third-order valence-electron chi connectivity index (χ3n) is 4.83. The number of carbonyl (C=O) groups excluding carboxylic acids is 1. The van der Waals surface area contributed by atoms with E-state index in [1.54, 1.807) is 12.0 Å². The average molecular weight is 415 g/mol. The zero-order chi connectivity index (χ0) is 20.9. The lowest BCUT2D eigenvalue weighted by molar-refractivity contribution is 0.0985. The van der Waals surface area contributed by atoms with Gasteiger partial charge in [0.05, 0.1) is 19.3 Å². The smallest absolute Gasteiger partial charge is 0.260 e. The third kappa shape index (κ3) is 4.26. The Hall–Kier alpha value is -3.44. The molecule has 0 atom stereocenters. The minimum absolute atomic E-state index is 0.0607. The zero-order valence-electron chi connectivity index (χ0n) is 16.9. The van der Waals surface area contributed by atoms with Gasteiger partial charge in [0.25, 0.3) is 5.91 Å². The fourth-order valence-corrected chi connectivity index (χ4v) is 4.17. The molecule has 1 heterocycles. The SMILES string of the molecule is COc1ccc(-c2nc(N(Cc3ccccc3)C(=O)c3ccccc3)sc2C)cc1. The van der Waals surface area contributed by atoms with Gasteiger partial charge in [-0.2, -0.15) is 0 Å². The third-order valence-corrected chi connectivity index (χ3v) is 5.82. The molecule has 0 aliphatic heterocycles. The number of aromatic nitrogens is 1. The van der Waals surface area contributed by atoms with Gasteiger partial charge in [0.15, 0.2) is 5.13 Å². The summed E-state index contributed by atoms with van der Waals surface area (Å²) in [6.07, 6.45) is 0. The van der Waals surface area contributed by atoms with Crippen LogP contribution in [0.4, 0.5) is 5.13 Å². The van der Waals surface area contributed by atoms with E-state index >= 15 is 0 Å². The van der Waals surface area contributed by atoms with Gasteiger partial charge in [-0.15, -0.1) is 11.3 Å². The lowest BCUT2D eigenvalue weighted by atomic mass is 10.1. The molecule has 0 bridgehead atoms. The molecule has 0 unspecified atom stereocenters. The van der Waals surface area contributed by atoms with Gasteiger partial charge in [0, 0.05) is 16.0 Å². The van der Waals surface area contributed by atoms with E-state index < -0.39 is 0 Å². The molecule has 150 valence electrons. The monoisotopic (exact) mass is 414 g/mol. The standard InChI is InChI=1S/C25H22N2O2S/c1-18-23(20-13-15-22(29-2)16-14-20)26-25(30-18)27(17-19-9-5-3-6-10-19)24(28)21-11-7-4-8-12-21/h3-16H,17H2,1-2H3. The van der Waals surface area contributed by atoms with E-state index in [1.807, 2.05) is 91.9 Å². The first kappa shape index (κ1) is 19.9. The van der Waals surface area contributed by atoms with Crippen molar-refractivity contribution < 1.29 is 9.53 Å². The first-order valence-corrected chi connectivity index (χ1v) is 10.5. The van der Waals surface area contributed by atoms with Gasteiger partial charge < -0.3 is 4.74 Å². The summed E-state index contributed by atoms with van der Waals surface area (Å²) in [5.74, 6) is 0.742. The van der Waals surface area contributed by atoms with E-state index in [9.17, 15) is 4.79 Å². The van der Waals surface area contributed by atoms with Crippen molar-refractivity contribution in [3.63, 3.8) is 0 Å². The molecule has 4 aromatic rings. The van der Waals surface area contributed by atoms with Gasteiger partial charge in [-0.1, -0.05) is 48.5 Å². The Bertz CT molecular complexity index is 1120. The van der Waals surface area contributed by atoms with Gasteiger partial charge in [-0.25, -0.2) is 4.98 Å². The topological polar surface area (TPSA) is 42.4 Å². The van der Waals surface area contributed by atoms with Gasteiger partial charge in [0.2, 0.25) is 0 Å². The fraction of sp³-hybridized carbons (Fsp3) is 0.120. The Morgan fingerprint density at radius 2 is 1.57 bits per heavy atom. The number of benzene rings is 3. The molecule has 0 aliphatic carbocycles. The quantitative estimate of drug-likeness (QED) is 0.390. The summed E-state index contributed by atoms with van der Waals surface area (Å²) in [6, 6.07) is 27.2. The average Bonchev–Trinajstić information content (AvgIpc) is 3.19. The summed E-state index contributed by atoms with van der Waals surface area (Å²) in [5, 5.41) is 0.691. The fourth-order valence-electron chi connectivity index (χ4n) is 3.24. The molecule has 4 rings (SSSR count). The highest BCUT2D eigenvalue weighted by atomic mass is 32.1. The van der Waals surface area contributed by atoms with E-state index in [0.29, 0.717) is 17.2 Å². The largest absolute Gasteiger partial charge is 0.497 e. The molecule has 1 amide bonds. The molecule has 30 heavy (non-hydrogen) atoms. The molecule has 0 saturated carbocycles. The molecule has 3 aromatic carbocycles. The number of aryl methyl sites for hydroxylation is 1. The molecular formula is C25H22N2O2S. The molecule has 1 aromatic heterocycles. The Kier molecular flexibility index (Phi) is 5.91. The molecule has 0 saturated heterocycles. The number of ether oxygens (including phenoxy) is 1. The molecule has 5 heteroatoms. The maximum atomic E-state index is 13.4. The molecule has 4 nitrogen and oxygen atoms in total. The highest BCUT2D eigenvalue weighted by Crippen LogP contribution is 2.34. The highest BCUT2D eigenvalue weighted by molar-refractivity contribution is 7.16. The van der Waals surface area contributed by atoms with Crippen molar-refractivity contribution in [3.05, 3.63) is 101 Å². The van der Waals surface area contributed by atoms with Crippen LogP contribution in [-0.2, 0) is 6.54 Å². The lowest BCUT2D eigenvalue weighted by Gasteiger charge is -2.20. The van der Waals surface area contributed by atoms with Crippen LogP contribution >= 0.6 is 11.3 Å². The Labute approximate surface area is 180 Å². The molecule has 0 fully saturated rings. The van der Waals surface area contributed by atoms with Crippen LogP contribution in [0.5, 0.6) is 5.75 Å². The normalized spacial score (nSPS) is 10.6. The second-order valence-corrected chi connectivity index (χ2v) is 8.05. The molecular weight excluding hydrogens is 392 g/mol. The van der Waals surface area contributed by atoms with E-state index in [-0.39, 0.29) is 5.91 Å². The zero-order valence-corrected chi connectivity index (χ0v) is 17.7. The number of carbonyl (C=O) groups is 1. The number of thiazole rings is 1. The number of amides is 1. The molecule has 0 aliphatic rings. The molecule has 0 N–H and O–H groups in total. The predicted molar refractivity (Wildman–Crippen MR) is 122 cm³/mol. The summed E-state index contributed by atoms with van der Waals surface area (Å²) < 4.78 is 5.25. The number of rotatable bonds is 6. The van der Waals surface area contributed by atoms with E-state index in [4.69, 9.17) is 9.72 Å². The summed E-state index contributed by atoms with van der Waals surface area (Å²) in [4.78, 5) is 21.1. The maximum absolute atomic E-state index is 13.4. The first-order valence-electron chi connectivity index (χ1n) is 9.68. The minimum Gasteiger partial charge on any atom is -0.497 e. The Morgan fingerprint density at radius 1 is 0.933 bits per heavy atom. The van der Waals surface area contributed by atoms with Crippen molar-refractivity contribution in [1.82, 2.24) is 4.98 Å². The van der Waals surface area contributed by atoms with Crippen LogP contribution < -0.4 is 9.64 Å². The van der Waals surface area contributed by atoms with Gasteiger partial charge in [-0.3, -0.25) is 9.69 Å². The molecule has 0 radical (unpaired) electrons. The van der Waals surface area contributed by atoms with Gasteiger partial charge in [0.1, 0.15) is 5.75 Å². The van der Waals surface area contributed by atoms with Crippen LogP contribution in [0.2, 0.25) is 0 Å². The number of hydrogen-bond donors (Lipinski definition) is 0. The second kappa shape index (κ2) is 8.93. The van der Waals surface area contributed by atoms with Crippen LogP contribution in [-0.4, -0.2) is 18.0 Å². The van der Waals surface area contributed by atoms with E-state index in [0.717, 1.165) is 27.4 Å². The van der Waals surface area contributed by atoms with E-state index in [2.05, 4.69) is 0 Å². The van der Waals surface area contributed by atoms with Crippen LogP contribution in [0.15, 0.2) is 84.9 Å². The number of methoxy groups -OCH3 is 1. The Morgan fingerprint density at radius 3 is 2.20 bits per heavy atom. The van der Waals surface area contributed by atoms with Crippen LogP contribution in [0.3, 0.4) is 0 Å². The van der Waals surface area contributed by atoms with Crippen molar-refractivity contribution in [3.8, 4) is 17.0 Å². The van der Waals surface area contributed by atoms with Crippen LogP contribution in [0.25, 0.3) is 11.3 Å². The van der Waals surface area contributed by atoms with Gasteiger partial charge in [-0.05, 0) is 48.9 Å². The maximum Gasteiger partial charge on any atom is 0.260 e. The van der Waals surface area contributed by atoms with Crippen LogP contribution in [0.1, 0.15) is 20.8 Å².